The normalized spacial score (nSPS) is 12.3. The van der Waals surface area contributed by atoms with E-state index in [2.05, 4.69) is 15.9 Å². The fourth-order valence-corrected chi connectivity index (χ4v) is 2.38. The Morgan fingerprint density at radius 2 is 1.78 bits per heavy atom. The number of hydrogen-bond acceptors (Lipinski definition) is 2. The lowest BCUT2D eigenvalue weighted by molar-refractivity contribution is -0.136. The van der Waals surface area contributed by atoms with E-state index in [0.717, 1.165) is 10.8 Å². The molecule has 0 aromatic heterocycles. The highest BCUT2D eigenvalue weighted by Gasteiger charge is 2.21. The smallest absolute Gasteiger partial charge is 0.304 e. The fraction of sp³-hybridized carbons (Fsp3) is 0.143. The van der Waals surface area contributed by atoms with Crippen LogP contribution < -0.4 is 0 Å². The highest BCUT2D eigenvalue weighted by molar-refractivity contribution is 9.10. The second-order valence-electron chi connectivity index (χ2n) is 3.96. The van der Waals surface area contributed by atoms with E-state index >= 15 is 0 Å². The van der Waals surface area contributed by atoms with Gasteiger partial charge in [-0.25, -0.2) is 0 Å². The predicted molar refractivity (Wildman–Crippen MR) is 73.2 cm³/mol. The van der Waals surface area contributed by atoms with Crippen LogP contribution in [0.5, 0.6) is 0 Å². The number of carbonyl (C=O) groups excluding carboxylic acids is 1. The molecule has 0 aliphatic heterocycles. The summed E-state index contributed by atoms with van der Waals surface area (Å²) in [5, 5.41) is 10.5. The number of rotatable bonds is 4. The molecule has 0 amide bonds. The number of carboxylic acids is 1. The molecule has 0 radical (unpaired) electrons. The van der Waals surface area contributed by atoms with Crippen molar-refractivity contribution in [3.05, 3.63) is 48.0 Å². The van der Waals surface area contributed by atoms with Gasteiger partial charge in [0, 0.05) is 5.56 Å². The summed E-state index contributed by atoms with van der Waals surface area (Å²) in [6.07, 6.45) is -0.220. The molecule has 18 heavy (non-hydrogen) atoms. The first-order chi connectivity index (χ1) is 8.59. The van der Waals surface area contributed by atoms with Crippen molar-refractivity contribution in [1.82, 2.24) is 0 Å². The number of hydrogen-bond donors (Lipinski definition) is 1. The van der Waals surface area contributed by atoms with Crippen molar-refractivity contribution in [3.63, 3.8) is 0 Å². The van der Waals surface area contributed by atoms with Crippen molar-refractivity contribution in [2.24, 2.45) is 0 Å². The number of alkyl halides is 1. The second kappa shape index (κ2) is 5.31. The minimum atomic E-state index is -0.995. The summed E-state index contributed by atoms with van der Waals surface area (Å²) in [7, 11) is 0. The fourth-order valence-electron chi connectivity index (χ4n) is 1.86. The van der Waals surface area contributed by atoms with Gasteiger partial charge in [0.1, 0.15) is 0 Å². The first-order valence-electron chi connectivity index (χ1n) is 5.47. The van der Waals surface area contributed by atoms with E-state index in [4.69, 9.17) is 5.11 Å². The lowest BCUT2D eigenvalue weighted by Gasteiger charge is -2.09. The third-order valence-corrected chi connectivity index (χ3v) is 3.43. The Labute approximate surface area is 113 Å². The molecule has 0 saturated carbocycles. The van der Waals surface area contributed by atoms with Gasteiger partial charge in [-0.15, -0.1) is 0 Å². The quantitative estimate of drug-likeness (QED) is 0.697. The Hall–Kier alpha value is -1.68. The van der Waals surface area contributed by atoms with Gasteiger partial charge in [0.25, 0.3) is 0 Å². The zero-order valence-corrected chi connectivity index (χ0v) is 11.1. The molecule has 1 atom stereocenters. The summed E-state index contributed by atoms with van der Waals surface area (Å²) < 4.78 is 0. The van der Waals surface area contributed by atoms with Crippen LogP contribution in [0.4, 0.5) is 0 Å². The predicted octanol–water partition coefficient (Wildman–Crippen LogP) is 3.26. The molecular formula is C14H11BrO3. The molecule has 1 N–H and O–H groups in total. The molecule has 0 unspecified atom stereocenters. The average molecular weight is 307 g/mol. The summed E-state index contributed by atoms with van der Waals surface area (Å²) in [4.78, 5) is 22.1. The molecule has 0 spiro atoms. The van der Waals surface area contributed by atoms with Crippen LogP contribution in [0.25, 0.3) is 10.8 Å². The van der Waals surface area contributed by atoms with Crippen molar-refractivity contribution in [2.45, 2.75) is 11.2 Å². The van der Waals surface area contributed by atoms with Crippen molar-refractivity contribution < 1.29 is 14.7 Å². The van der Waals surface area contributed by atoms with Crippen molar-refractivity contribution >= 4 is 38.5 Å². The molecule has 0 fully saturated rings. The molecule has 4 heteroatoms. The van der Waals surface area contributed by atoms with Crippen LogP contribution in [0.3, 0.4) is 0 Å². The summed E-state index contributed by atoms with van der Waals surface area (Å²) in [6, 6.07) is 13.0. The molecule has 2 rings (SSSR count). The zero-order chi connectivity index (χ0) is 13.1. The second-order valence-corrected chi connectivity index (χ2v) is 5.06. The number of ketones is 1. The Morgan fingerprint density at radius 3 is 2.50 bits per heavy atom. The highest BCUT2D eigenvalue weighted by Crippen LogP contribution is 2.22. The molecule has 0 bridgehead atoms. The Bertz CT molecular complexity index is 602. The van der Waals surface area contributed by atoms with E-state index in [1.54, 1.807) is 12.1 Å². The van der Waals surface area contributed by atoms with Gasteiger partial charge in [-0.2, -0.15) is 0 Å². The van der Waals surface area contributed by atoms with Gasteiger partial charge in [0.15, 0.2) is 5.78 Å². The number of carboxylic acid groups (broad SMARTS) is 1. The van der Waals surface area contributed by atoms with E-state index in [-0.39, 0.29) is 12.2 Å². The molecule has 0 aliphatic rings. The maximum Gasteiger partial charge on any atom is 0.304 e. The Kier molecular flexibility index (Phi) is 3.77. The molecule has 92 valence electrons. The van der Waals surface area contributed by atoms with Crippen LogP contribution in [0.2, 0.25) is 0 Å². The average Bonchev–Trinajstić information content (AvgIpc) is 2.36. The van der Waals surface area contributed by atoms with E-state index in [9.17, 15) is 9.59 Å². The minimum absolute atomic E-state index is 0.200. The van der Waals surface area contributed by atoms with E-state index < -0.39 is 10.8 Å². The van der Waals surface area contributed by atoms with Crippen LogP contribution in [0.1, 0.15) is 16.8 Å². The van der Waals surface area contributed by atoms with Crippen LogP contribution >= 0.6 is 15.9 Å². The number of carbonyl (C=O) groups is 2. The van der Waals surface area contributed by atoms with Crippen molar-refractivity contribution in [2.75, 3.05) is 0 Å². The SMILES string of the molecule is O=C(O)C[C@@H](Br)C(=O)c1cccc2ccccc12. The summed E-state index contributed by atoms with van der Waals surface area (Å²) >= 11 is 3.14. The first kappa shape index (κ1) is 12.8. The van der Waals surface area contributed by atoms with Crippen molar-refractivity contribution in [3.8, 4) is 0 Å². The monoisotopic (exact) mass is 306 g/mol. The lowest BCUT2D eigenvalue weighted by Crippen LogP contribution is -2.18. The summed E-state index contributed by atoms with van der Waals surface area (Å²) in [5.41, 5.74) is 0.552. The molecule has 0 aliphatic carbocycles. The molecule has 2 aromatic carbocycles. The van der Waals surface area contributed by atoms with Gasteiger partial charge < -0.3 is 5.11 Å². The summed E-state index contributed by atoms with van der Waals surface area (Å²) in [6.45, 7) is 0. The van der Waals surface area contributed by atoms with E-state index in [1.165, 1.54) is 0 Å². The van der Waals surface area contributed by atoms with E-state index in [1.807, 2.05) is 30.3 Å². The van der Waals surface area contributed by atoms with Crippen LogP contribution in [0, 0.1) is 0 Å². The third-order valence-electron chi connectivity index (χ3n) is 2.69. The van der Waals surface area contributed by atoms with E-state index in [0.29, 0.717) is 5.56 Å². The Morgan fingerprint density at radius 1 is 1.11 bits per heavy atom. The van der Waals surface area contributed by atoms with Crippen molar-refractivity contribution in [1.29, 1.82) is 0 Å². The van der Waals surface area contributed by atoms with Gasteiger partial charge in [0.2, 0.25) is 0 Å². The topological polar surface area (TPSA) is 54.4 Å². The number of benzene rings is 2. The van der Waals surface area contributed by atoms with Crippen LogP contribution in [-0.4, -0.2) is 21.7 Å². The van der Waals surface area contributed by atoms with Crippen LogP contribution in [0.15, 0.2) is 42.5 Å². The third kappa shape index (κ3) is 2.59. The van der Waals surface area contributed by atoms with Gasteiger partial charge in [-0.1, -0.05) is 58.4 Å². The van der Waals surface area contributed by atoms with Gasteiger partial charge >= 0.3 is 5.97 Å². The maximum atomic E-state index is 12.2. The molecular weight excluding hydrogens is 296 g/mol. The summed E-state index contributed by atoms with van der Waals surface area (Å²) in [5.74, 6) is -1.19. The standard InChI is InChI=1S/C14H11BrO3/c15-12(8-13(16)17)14(18)11-7-3-5-9-4-1-2-6-10(9)11/h1-7,12H,8H2,(H,16,17)/t12-/m1/s1. The first-order valence-corrected chi connectivity index (χ1v) is 6.39. The van der Waals surface area contributed by atoms with Gasteiger partial charge in [-0.3, -0.25) is 9.59 Å². The zero-order valence-electron chi connectivity index (χ0n) is 9.47. The van der Waals surface area contributed by atoms with Gasteiger partial charge in [-0.05, 0) is 10.8 Å². The van der Waals surface area contributed by atoms with Crippen LogP contribution in [-0.2, 0) is 4.79 Å². The minimum Gasteiger partial charge on any atom is -0.481 e. The molecule has 0 saturated heterocycles. The van der Waals surface area contributed by atoms with Gasteiger partial charge in [0.05, 0.1) is 11.2 Å². The number of aliphatic carboxylic acids is 1. The number of Topliss-reactive ketones (excluding diaryl/α,β-unsaturated/α-hetero) is 1. The number of fused-ring (bicyclic) bond motifs is 1. The Balaban J connectivity index is 2.42. The molecule has 2 aromatic rings. The number of halogens is 1. The highest BCUT2D eigenvalue weighted by atomic mass is 79.9. The lowest BCUT2D eigenvalue weighted by atomic mass is 9.99. The molecule has 3 nitrogen and oxygen atoms in total. The molecule has 0 heterocycles. The largest absolute Gasteiger partial charge is 0.481 e. The maximum absolute atomic E-state index is 12.2.